The lowest BCUT2D eigenvalue weighted by Gasteiger charge is -2.26. The highest BCUT2D eigenvalue weighted by molar-refractivity contribution is 7.89. The van der Waals surface area contributed by atoms with Gasteiger partial charge in [-0.1, -0.05) is 26.0 Å². The molecule has 0 bridgehead atoms. The van der Waals surface area contributed by atoms with E-state index >= 15 is 0 Å². The number of carbonyl (C=O) groups excluding carboxylic acids is 1. The maximum Gasteiger partial charge on any atom is 0.277 e. The summed E-state index contributed by atoms with van der Waals surface area (Å²) in [5.74, 6) is -0.336. The molecule has 2 heterocycles. The third kappa shape index (κ3) is 3.50. The van der Waals surface area contributed by atoms with Crippen molar-refractivity contribution in [3.05, 3.63) is 76.9 Å². The van der Waals surface area contributed by atoms with Gasteiger partial charge in [-0.15, -0.1) is 0 Å². The number of benzene rings is 2. The van der Waals surface area contributed by atoms with Gasteiger partial charge in [-0.3, -0.25) is 14.8 Å². The van der Waals surface area contributed by atoms with Crippen molar-refractivity contribution >= 4 is 21.6 Å². The Morgan fingerprint density at radius 3 is 2.33 bits per heavy atom. The minimum absolute atomic E-state index is 0.0445. The minimum Gasteiger partial charge on any atom is -0.295 e. The minimum atomic E-state index is -3.85. The lowest BCUT2D eigenvalue weighted by atomic mass is 9.95. The molecule has 3 aromatic rings. The number of sulfonamides is 1. The molecular weight excluding hydrogens is 407 g/mol. The molecule has 0 saturated carbocycles. The van der Waals surface area contributed by atoms with E-state index in [4.69, 9.17) is 5.14 Å². The Balaban J connectivity index is 1.85. The molecular formula is C21H21FN4O3S. The number of fused-ring (bicyclic) bond motifs is 1. The van der Waals surface area contributed by atoms with Gasteiger partial charge < -0.3 is 0 Å². The van der Waals surface area contributed by atoms with Gasteiger partial charge in [0.05, 0.1) is 16.6 Å². The number of aromatic amines is 1. The molecule has 1 amide bonds. The summed E-state index contributed by atoms with van der Waals surface area (Å²) in [6.45, 7) is 4.13. The van der Waals surface area contributed by atoms with Crippen molar-refractivity contribution in [2.45, 2.75) is 31.2 Å². The van der Waals surface area contributed by atoms with Gasteiger partial charge in [0.2, 0.25) is 10.0 Å². The largest absolute Gasteiger partial charge is 0.295 e. The second-order valence-electron chi connectivity index (χ2n) is 7.73. The van der Waals surface area contributed by atoms with Gasteiger partial charge >= 0.3 is 0 Å². The summed E-state index contributed by atoms with van der Waals surface area (Å²) in [5.41, 5.74) is 3.16. The van der Waals surface area contributed by atoms with Crippen molar-refractivity contribution in [2.24, 2.45) is 11.1 Å². The average molecular weight is 428 g/mol. The average Bonchev–Trinajstić information content (AvgIpc) is 3.21. The summed E-state index contributed by atoms with van der Waals surface area (Å²) < 4.78 is 36.7. The van der Waals surface area contributed by atoms with E-state index in [1.807, 2.05) is 0 Å². The standard InChI is InChI=1S/C21H21FN4O3S/c1-12(2)11-17-18-19(25-24-17)21(27)26(20(18)13-3-5-14(22)6-4-13)15-7-9-16(10-8-15)30(23,28)29/h3-10,12,20H,11H2,1-2H3,(H,24,25)(H2,23,28,29). The molecule has 30 heavy (non-hydrogen) atoms. The van der Waals surface area contributed by atoms with Crippen LogP contribution in [0.5, 0.6) is 0 Å². The number of anilines is 1. The first-order valence-electron chi connectivity index (χ1n) is 9.46. The van der Waals surface area contributed by atoms with Crippen LogP contribution in [0.3, 0.4) is 0 Å². The number of H-pyrrole nitrogens is 1. The number of primary sulfonamides is 1. The molecule has 4 rings (SSSR count). The van der Waals surface area contributed by atoms with Gasteiger partial charge in [-0.2, -0.15) is 5.10 Å². The number of nitrogens with two attached hydrogens (primary N) is 1. The summed E-state index contributed by atoms with van der Waals surface area (Å²) in [7, 11) is -3.85. The van der Waals surface area contributed by atoms with Crippen molar-refractivity contribution in [1.82, 2.24) is 10.2 Å². The fourth-order valence-corrected chi connectivity index (χ4v) is 4.29. The number of aromatic nitrogens is 2. The van der Waals surface area contributed by atoms with E-state index in [9.17, 15) is 17.6 Å². The molecule has 1 aliphatic rings. The highest BCUT2D eigenvalue weighted by Gasteiger charge is 2.42. The number of hydrogen-bond donors (Lipinski definition) is 2. The third-order valence-electron chi connectivity index (χ3n) is 5.08. The van der Waals surface area contributed by atoms with Crippen LogP contribution in [0.2, 0.25) is 0 Å². The number of amides is 1. The lowest BCUT2D eigenvalue weighted by Crippen LogP contribution is -2.29. The molecule has 0 aliphatic carbocycles. The van der Waals surface area contributed by atoms with E-state index < -0.39 is 16.1 Å². The van der Waals surface area contributed by atoms with Gasteiger partial charge in [0, 0.05) is 11.3 Å². The van der Waals surface area contributed by atoms with E-state index in [1.54, 1.807) is 17.0 Å². The van der Waals surface area contributed by atoms with Gasteiger partial charge in [0.1, 0.15) is 11.5 Å². The van der Waals surface area contributed by atoms with Gasteiger partial charge in [0.25, 0.3) is 5.91 Å². The van der Waals surface area contributed by atoms with Crippen LogP contribution in [0.1, 0.15) is 47.2 Å². The van der Waals surface area contributed by atoms with Crippen LogP contribution in [0, 0.1) is 11.7 Å². The van der Waals surface area contributed by atoms with E-state index in [1.165, 1.54) is 36.4 Å². The molecule has 0 radical (unpaired) electrons. The maximum atomic E-state index is 13.5. The van der Waals surface area contributed by atoms with E-state index in [-0.39, 0.29) is 16.6 Å². The van der Waals surface area contributed by atoms with Crippen molar-refractivity contribution in [1.29, 1.82) is 0 Å². The van der Waals surface area contributed by atoms with Crippen molar-refractivity contribution < 1.29 is 17.6 Å². The number of nitrogens with zero attached hydrogens (tertiary/aromatic N) is 2. The van der Waals surface area contributed by atoms with Crippen molar-refractivity contribution in [2.75, 3.05) is 4.90 Å². The zero-order valence-corrected chi connectivity index (χ0v) is 17.3. The Morgan fingerprint density at radius 1 is 1.13 bits per heavy atom. The van der Waals surface area contributed by atoms with Gasteiger partial charge in [0.15, 0.2) is 0 Å². The number of nitrogens with one attached hydrogen (secondary N) is 1. The Morgan fingerprint density at radius 2 is 1.77 bits per heavy atom. The molecule has 1 unspecified atom stereocenters. The van der Waals surface area contributed by atoms with E-state index in [0.29, 0.717) is 23.7 Å². The predicted molar refractivity (Wildman–Crippen MR) is 110 cm³/mol. The molecule has 1 aliphatic heterocycles. The van der Waals surface area contributed by atoms with E-state index in [0.717, 1.165) is 16.8 Å². The molecule has 1 atom stereocenters. The van der Waals surface area contributed by atoms with Crippen LogP contribution in [-0.4, -0.2) is 24.5 Å². The summed E-state index contributed by atoms with van der Waals surface area (Å²) in [6, 6.07) is 11.3. The molecule has 156 valence electrons. The lowest BCUT2D eigenvalue weighted by molar-refractivity contribution is 0.0988. The zero-order chi connectivity index (χ0) is 21.6. The van der Waals surface area contributed by atoms with Crippen molar-refractivity contribution in [3.63, 3.8) is 0 Å². The molecule has 0 spiro atoms. The predicted octanol–water partition coefficient (Wildman–Crippen LogP) is 3.14. The first kappa shape index (κ1) is 20.2. The Bertz CT molecular complexity index is 1200. The van der Waals surface area contributed by atoms with Crippen LogP contribution in [-0.2, 0) is 16.4 Å². The third-order valence-corrected chi connectivity index (χ3v) is 6.01. The van der Waals surface area contributed by atoms with Crippen molar-refractivity contribution in [3.8, 4) is 0 Å². The first-order chi connectivity index (χ1) is 14.2. The van der Waals surface area contributed by atoms with Gasteiger partial charge in [-0.25, -0.2) is 17.9 Å². The fourth-order valence-electron chi connectivity index (χ4n) is 3.78. The number of carbonyl (C=O) groups is 1. The fraction of sp³-hybridized carbons (Fsp3) is 0.238. The molecule has 0 saturated heterocycles. The Labute approximate surface area is 173 Å². The molecule has 7 nitrogen and oxygen atoms in total. The second kappa shape index (κ2) is 7.33. The van der Waals surface area contributed by atoms with Crippen LogP contribution < -0.4 is 10.0 Å². The second-order valence-corrected chi connectivity index (χ2v) is 9.29. The highest BCUT2D eigenvalue weighted by atomic mass is 32.2. The van der Waals surface area contributed by atoms with Crippen LogP contribution >= 0.6 is 0 Å². The SMILES string of the molecule is CC(C)Cc1n[nH]c2c1C(c1ccc(F)cc1)N(c1ccc(S(N)(=O)=O)cc1)C2=O. The Hall–Kier alpha value is -3.04. The van der Waals surface area contributed by atoms with Crippen LogP contribution in [0.25, 0.3) is 0 Å². The summed E-state index contributed by atoms with van der Waals surface area (Å²) in [4.78, 5) is 14.8. The van der Waals surface area contributed by atoms with Crippen LogP contribution in [0.15, 0.2) is 53.4 Å². The Kier molecular flexibility index (Phi) is 4.95. The summed E-state index contributed by atoms with van der Waals surface area (Å²) >= 11 is 0. The maximum absolute atomic E-state index is 13.5. The molecule has 1 aromatic heterocycles. The number of rotatable bonds is 5. The number of halogens is 1. The topological polar surface area (TPSA) is 109 Å². The van der Waals surface area contributed by atoms with E-state index in [2.05, 4.69) is 24.0 Å². The monoisotopic (exact) mass is 428 g/mol. The molecule has 9 heteroatoms. The summed E-state index contributed by atoms with van der Waals surface area (Å²) in [6.07, 6.45) is 0.676. The zero-order valence-electron chi connectivity index (χ0n) is 16.5. The summed E-state index contributed by atoms with van der Waals surface area (Å²) in [5, 5.41) is 12.4. The smallest absolute Gasteiger partial charge is 0.277 e. The highest BCUT2D eigenvalue weighted by Crippen LogP contribution is 2.43. The van der Waals surface area contributed by atoms with Gasteiger partial charge in [-0.05, 0) is 54.3 Å². The first-order valence-corrected chi connectivity index (χ1v) is 11.0. The normalized spacial score (nSPS) is 16.4. The molecule has 0 fully saturated rings. The molecule has 2 aromatic carbocycles. The van der Waals surface area contributed by atoms with Crippen LogP contribution in [0.4, 0.5) is 10.1 Å². The number of hydrogen-bond acceptors (Lipinski definition) is 4. The molecule has 3 N–H and O–H groups in total. The quantitative estimate of drug-likeness (QED) is 0.651.